The average molecular weight is 481 g/mol. The summed E-state index contributed by atoms with van der Waals surface area (Å²) >= 11 is 0. The van der Waals surface area contributed by atoms with Crippen LogP contribution in [0.15, 0.2) is 23.3 Å². The molecule has 0 unspecified atom stereocenters. The number of ether oxygens (including phenoxy) is 3. The van der Waals surface area contributed by atoms with Crippen molar-refractivity contribution in [1.29, 1.82) is 0 Å². The van der Waals surface area contributed by atoms with Crippen LogP contribution in [0.5, 0.6) is 0 Å². The number of rotatable bonds is 13. The molecule has 1 N–H and O–H groups in total. The molecule has 1 saturated carbocycles. The molecule has 1 fully saturated rings. The van der Waals surface area contributed by atoms with Gasteiger partial charge in [-0.1, -0.05) is 65.1 Å². The second-order valence-corrected chi connectivity index (χ2v) is 17.6. The number of aliphatic hydroxyl groups excluding tert-OH is 1. The molecule has 0 heterocycles. The van der Waals surface area contributed by atoms with Crippen LogP contribution in [0, 0.1) is 23.2 Å². The van der Waals surface area contributed by atoms with E-state index in [4.69, 9.17) is 14.2 Å². The molecule has 2 aliphatic carbocycles. The monoisotopic (exact) mass is 480 g/mol. The van der Waals surface area contributed by atoms with Crippen LogP contribution < -0.4 is 0 Å². The first-order valence-electron chi connectivity index (χ1n) is 12.7. The van der Waals surface area contributed by atoms with Crippen molar-refractivity contribution in [2.45, 2.75) is 84.7 Å². The summed E-state index contributed by atoms with van der Waals surface area (Å²) in [7, 11) is 0.465. The normalized spacial score (nSPS) is 29.8. The Hall–Kier alpha value is -0.793. The highest BCUT2D eigenvalue weighted by Gasteiger charge is 2.50. The number of carbonyl (C=O) groups is 1. The Bertz CT molecular complexity index is 723. The van der Waals surface area contributed by atoms with Crippen molar-refractivity contribution in [2.75, 3.05) is 33.7 Å². The summed E-state index contributed by atoms with van der Waals surface area (Å²) in [5.74, 6) is 0.593. The van der Waals surface area contributed by atoms with E-state index >= 15 is 0 Å². The number of ketones is 1. The predicted molar refractivity (Wildman–Crippen MR) is 137 cm³/mol. The van der Waals surface area contributed by atoms with Gasteiger partial charge in [0, 0.05) is 33.1 Å². The second kappa shape index (κ2) is 11.8. The first kappa shape index (κ1) is 28.4. The maximum Gasteiger partial charge on any atom is 0.170 e. The van der Waals surface area contributed by atoms with Gasteiger partial charge in [0.2, 0.25) is 0 Å². The zero-order chi connectivity index (χ0) is 24.9. The molecule has 5 nitrogen and oxygen atoms in total. The number of carbonyl (C=O) groups excluding carboxylic acids is 1. The molecule has 0 aliphatic heterocycles. The first-order chi connectivity index (χ1) is 15.4. The van der Waals surface area contributed by atoms with E-state index in [9.17, 15) is 9.90 Å². The third-order valence-electron chi connectivity index (χ3n) is 7.63. The molecule has 2 rings (SSSR count). The van der Waals surface area contributed by atoms with Gasteiger partial charge in [-0.2, -0.15) is 0 Å². The summed E-state index contributed by atoms with van der Waals surface area (Å²) in [5, 5.41) is 10.0. The van der Waals surface area contributed by atoms with Gasteiger partial charge in [0.15, 0.2) is 11.4 Å². The maximum atomic E-state index is 13.5. The zero-order valence-electron chi connectivity index (χ0n) is 22.3. The van der Waals surface area contributed by atoms with Crippen LogP contribution in [0.3, 0.4) is 0 Å². The van der Waals surface area contributed by atoms with Gasteiger partial charge in [0.05, 0.1) is 13.2 Å². The molecule has 0 spiro atoms. The average Bonchev–Trinajstić information content (AvgIpc) is 3.23. The first-order valence-corrected chi connectivity index (χ1v) is 16.4. The van der Waals surface area contributed by atoms with Crippen molar-refractivity contribution in [2.24, 2.45) is 23.2 Å². The summed E-state index contributed by atoms with van der Waals surface area (Å²) < 4.78 is 17.2. The van der Waals surface area contributed by atoms with Crippen LogP contribution in [-0.4, -0.2) is 58.3 Å². The van der Waals surface area contributed by atoms with Crippen LogP contribution in [0.2, 0.25) is 25.7 Å². The highest BCUT2D eigenvalue weighted by Crippen LogP contribution is 2.46. The summed E-state index contributed by atoms with van der Waals surface area (Å²) in [6.07, 6.45) is 7.83. The number of hydrogen-bond donors (Lipinski definition) is 1. The molecule has 0 aromatic rings. The minimum Gasteiger partial charge on any atom is -0.395 e. The molecule has 0 aromatic heterocycles. The van der Waals surface area contributed by atoms with E-state index in [2.05, 4.69) is 59.5 Å². The van der Waals surface area contributed by atoms with Crippen LogP contribution in [0.25, 0.3) is 0 Å². The third kappa shape index (κ3) is 7.11. The van der Waals surface area contributed by atoms with Crippen LogP contribution >= 0.6 is 0 Å². The molecule has 0 bridgehead atoms. The van der Waals surface area contributed by atoms with Crippen molar-refractivity contribution in [3.63, 3.8) is 0 Å². The van der Waals surface area contributed by atoms with Gasteiger partial charge in [-0.05, 0) is 49.1 Å². The number of aliphatic hydroxyl groups is 1. The molecule has 0 amide bonds. The van der Waals surface area contributed by atoms with E-state index in [0.717, 1.165) is 25.3 Å². The Morgan fingerprint density at radius 3 is 2.48 bits per heavy atom. The highest BCUT2D eigenvalue weighted by molar-refractivity contribution is 6.76. The molecule has 190 valence electrons. The topological polar surface area (TPSA) is 65.0 Å². The van der Waals surface area contributed by atoms with Crippen molar-refractivity contribution in [3.05, 3.63) is 23.3 Å². The molecule has 0 radical (unpaired) electrons. The van der Waals surface area contributed by atoms with Crippen LogP contribution in [0.4, 0.5) is 0 Å². The molecular formula is C27H48O5Si. The fourth-order valence-corrected chi connectivity index (χ4v) is 5.91. The summed E-state index contributed by atoms with van der Waals surface area (Å²) in [5.41, 5.74) is 1.59. The van der Waals surface area contributed by atoms with Crippen molar-refractivity contribution in [3.8, 4) is 0 Å². The van der Waals surface area contributed by atoms with E-state index < -0.39 is 13.7 Å². The zero-order valence-corrected chi connectivity index (χ0v) is 23.3. The van der Waals surface area contributed by atoms with Gasteiger partial charge in [-0.3, -0.25) is 4.79 Å². The number of Topliss-reactive ketones (excluding diaryl/α,β-unsaturated/α-hetero) is 1. The van der Waals surface area contributed by atoms with Crippen LogP contribution in [-0.2, 0) is 19.0 Å². The van der Waals surface area contributed by atoms with Gasteiger partial charge < -0.3 is 19.3 Å². The quantitative estimate of drug-likeness (QED) is 0.211. The third-order valence-corrected chi connectivity index (χ3v) is 9.33. The Kier molecular flexibility index (Phi) is 10.1. The largest absolute Gasteiger partial charge is 0.395 e. The summed E-state index contributed by atoms with van der Waals surface area (Å²) in [4.78, 5) is 13.5. The Labute approximate surface area is 203 Å². The lowest BCUT2D eigenvalue weighted by Crippen LogP contribution is -2.44. The fourth-order valence-electron chi connectivity index (χ4n) is 5.16. The van der Waals surface area contributed by atoms with E-state index in [-0.39, 0.29) is 43.0 Å². The standard InChI is InChI=1S/C27H48O5Si/c1-20(2)22-11-13-26(4,17-28)24(22)10-9-21(3)23-12-14-27(18-30-5,25(23)29)32-19-31-15-16-33(6,7)8/h9-10,20-21,23,28H,11-19H2,1-8H3/b10-9+/t21-,23+,26-,27+/m1/s1. The molecule has 4 atom stereocenters. The smallest absolute Gasteiger partial charge is 0.170 e. The van der Waals surface area contributed by atoms with E-state index in [1.165, 1.54) is 11.1 Å². The number of hydrogen-bond acceptors (Lipinski definition) is 5. The molecule has 0 aromatic carbocycles. The van der Waals surface area contributed by atoms with Crippen molar-refractivity contribution < 1.29 is 24.1 Å². The lowest BCUT2D eigenvalue weighted by molar-refractivity contribution is -0.174. The molecule has 33 heavy (non-hydrogen) atoms. The van der Waals surface area contributed by atoms with E-state index in [1.54, 1.807) is 7.11 Å². The minimum atomic E-state index is -1.16. The molecule has 2 aliphatic rings. The molecule has 0 saturated heterocycles. The van der Waals surface area contributed by atoms with Crippen molar-refractivity contribution >= 4 is 13.9 Å². The van der Waals surface area contributed by atoms with Crippen molar-refractivity contribution in [1.82, 2.24) is 0 Å². The van der Waals surface area contributed by atoms with Crippen LogP contribution in [0.1, 0.15) is 53.4 Å². The van der Waals surface area contributed by atoms with E-state index in [0.29, 0.717) is 18.9 Å². The van der Waals surface area contributed by atoms with Gasteiger partial charge in [-0.25, -0.2) is 0 Å². The Morgan fingerprint density at radius 1 is 1.21 bits per heavy atom. The second-order valence-electron chi connectivity index (χ2n) is 11.9. The number of allylic oxidation sites excluding steroid dienone is 3. The lowest BCUT2D eigenvalue weighted by Gasteiger charge is -2.28. The summed E-state index contributed by atoms with van der Waals surface area (Å²) in [6.45, 7) is 16.9. The lowest BCUT2D eigenvalue weighted by atomic mass is 9.81. The van der Waals surface area contributed by atoms with Gasteiger partial charge in [0.25, 0.3) is 0 Å². The van der Waals surface area contributed by atoms with Gasteiger partial charge >= 0.3 is 0 Å². The highest BCUT2D eigenvalue weighted by atomic mass is 28.3. The van der Waals surface area contributed by atoms with Gasteiger partial charge in [0.1, 0.15) is 6.79 Å². The van der Waals surface area contributed by atoms with E-state index in [1.807, 2.05) is 0 Å². The summed E-state index contributed by atoms with van der Waals surface area (Å²) in [6, 6.07) is 1.08. The molecule has 6 heteroatoms. The minimum absolute atomic E-state index is 0.0942. The molecular weight excluding hydrogens is 432 g/mol. The fraction of sp³-hybridized carbons (Fsp3) is 0.815. The Morgan fingerprint density at radius 2 is 1.91 bits per heavy atom. The SMILES string of the molecule is COC[C@@]1(OCOCC[Si](C)(C)C)CC[C@@H]([C@H](C)/C=C/C2=C(C(C)C)CC[C@]2(C)CO)C1=O. The predicted octanol–water partition coefficient (Wildman–Crippen LogP) is 5.62. The van der Waals surface area contributed by atoms with Gasteiger partial charge in [-0.15, -0.1) is 0 Å². The Balaban J connectivity index is 2.07. The maximum absolute atomic E-state index is 13.5. The number of methoxy groups -OCH3 is 1.